The third-order valence-corrected chi connectivity index (χ3v) is 3.15. The summed E-state index contributed by atoms with van der Waals surface area (Å²) in [5.41, 5.74) is 2.81. The maximum absolute atomic E-state index is 11.5. The van der Waals surface area contributed by atoms with E-state index in [9.17, 15) is 4.79 Å². The number of hydrogen-bond donors (Lipinski definition) is 1. The van der Waals surface area contributed by atoms with Gasteiger partial charge in [-0.15, -0.1) is 0 Å². The summed E-state index contributed by atoms with van der Waals surface area (Å²) in [6.45, 7) is 0. The first-order valence-electron chi connectivity index (χ1n) is 6.95. The van der Waals surface area contributed by atoms with E-state index in [1.54, 1.807) is 36.8 Å². The Kier molecular flexibility index (Phi) is 4.24. The summed E-state index contributed by atoms with van der Waals surface area (Å²) in [5, 5.41) is 3.05. The van der Waals surface area contributed by atoms with Crippen molar-refractivity contribution in [1.82, 2.24) is 15.0 Å². The van der Waals surface area contributed by atoms with E-state index >= 15 is 0 Å². The van der Waals surface area contributed by atoms with Crippen LogP contribution >= 0.6 is 0 Å². The van der Waals surface area contributed by atoms with Gasteiger partial charge in [0.15, 0.2) is 0 Å². The van der Waals surface area contributed by atoms with Crippen molar-refractivity contribution in [3.8, 4) is 11.3 Å². The SMILES string of the molecule is COC(=O)c1cccc(Nc2ncc(-c3ccccn3)cn2)c1. The summed E-state index contributed by atoms with van der Waals surface area (Å²) in [5.74, 6) is 0.0479. The number of aromatic nitrogens is 3. The van der Waals surface area contributed by atoms with E-state index in [4.69, 9.17) is 4.74 Å². The van der Waals surface area contributed by atoms with E-state index in [1.165, 1.54) is 7.11 Å². The topological polar surface area (TPSA) is 77.0 Å². The predicted octanol–water partition coefficient (Wildman–Crippen LogP) is 3.07. The molecular weight excluding hydrogens is 292 g/mol. The number of carbonyl (C=O) groups excluding carboxylic acids is 1. The average Bonchev–Trinajstić information content (AvgIpc) is 2.62. The molecule has 2 heterocycles. The fourth-order valence-corrected chi connectivity index (χ4v) is 2.03. The van der Waals surface area contributed by atoms with Gasteiger partial charge >= 0.3 is 5.97 Å². The molecule has 0 saturated carbocycles. The Morgan fingerprint density at radius 2 is 1.87 bits per heavy atom. The van der Waals surface area contributed by atoms with Crippen molar-refractivity contribution in [2.45, 2.75) is 0 Å². The molecule has 0 bridgehead atoms. The van der Waals surface area contributed by atoms with Gasteiger partial charge in [0.05, 0.1) is 18.4 Å². The molecule has 6 heteroatoms. The van der Waals surface area contributed by atoms with E-state index in [1.807, 2.05) is 24.3 Å². The van der Waals surface area contributed by atoms with Gasteiger partial charge in [-0.05, 0) is 30.3 Å². The molecule has 114 valence electrons. The van der Waals surface area contributed by atoms with Gasteiger partial charge in [0.2, 0.25) is 5.95 Å². The molecule has 6 nitrogen and oxygen atoms in total. The quantitative estimate of drug-likeness (QED) is 0.746. The van der Waals surface area contributed by atoms with Crippen LogP contribution in [0.5, 0.6) is 0 Å². The zero-order valence-corrected chi connectivity index (χ0v) is 12.4. The summed E-state index contributed by atoms with van der Waals surface area (Å²) in [6.07, 6.45) is 5.11. The second-order valence-electron chi connectivity index (χ2n) is 4.71. The number of benzene rings is 1. The standard InChI is InChI=1S/C17H14N4O2/c1-23-16(22)12-5-4-6-14(9-12)21-17-19-10-13(11-20-17)15-7-2-3-8-18-15/h2-11H,1H3,(H,19,20,21). The van der Waals surface area contributed by atoms with Crippen LogP contribution in [0.25, 0.3) is 11.3 Å². The van der Waals surface area contributed by atoms with Crippen LogP contribution in [0.4, 0.5) is 11.6 Å². The number of pyridine rings is 1. The molecule has 0 radical (unpaired) electrons. The first kappa shape index (κ1) is 14.6. The third kappa shape index (κ3) is 3.49. The van der Waals surface area contributed by atoms with Crippen LogP contribution in [-0.4, -0.2) is 28.0 Å². The number of carbonyl (C=O) groups is 1. The number of rotatable bonds is 4. The second-order valence-corrected chi connectivity index (χ2v) is 4.71. The van der Waals surface area contributed by atoms with Gasteiger partial charge in [0.1, 0.15) is 0 Å². The lowest BCUT2D eigenvalue weighted by Gasteiger charge is -2.07. The fraction of sp³-hybridized carbons (Fsp3) is 0.0588. The largest absolute Gasteiger partial charge is 0.465 e. The van der Waals surface area contributed by atoms with E-state index in [-0.39, 0.29) is 5.97 Å². The summed E-state index contributed by atoms with van der Waals surface area (Å²) < 4.78 is 4.70. The molecule has 0 fully saturated rings. The zero-order valence-electron chi connectivity index (χ0n) is 12.4. The van der Waals surface area contributed by atoms with E-state index < -0.39 is 0 Å². The van der Waals surface area contributed by atoms with Crippen LogP contribution in [0.3, 0.4) is 0 Å². The number of nitrogens with one attached hydrogen (secondary N) is 1. The predicted molar refractivity (Wildman–Crippen MR) is 86.3 cm³/mol. The highest BCUT2D eigenvalue weighted by molar-refractivity contribution is 5.90. The lowest BCUT2D eigenvalue weighted by atomic mass is 10.2. The summed E-state index contributed by atoms with van der Waals surface area (Å²) in [4.78, 5) is 24.3. The molecule has 0 unspecified atom stereocenters. The molecule has 3 rings (SSSR count). The Morgan fingerprint density at radius 1 is 1.04 bits per heavy atom. The summed E-state index contributed by atoms with van der Waals surface area (Å²) in [6, 6.07) is 12.6. The Balaban J connectivity index is 1.77. The molecule has 0 amide bonds. The molecule has 0 aliphatic rings. The maximum Gasteiger partial charge on any atom is 0.337 e. The van der Waals surface area contributed by atoms with Crippen LogP contribution in [0, 0.1) is 0 Å². The van der Waals surface area contributed by atoms with Crippen LogP contribution in [0.2, 0.25) is 0 Å². The first-order chi connectivity index (χ1) is 11.3. The highest BCUT2D eigenvalue weighted by Crippen LogP contribution is 2.18. The number of esters is 1. The third-order valence-electron chi connectivity index (χ3n) is 3.15. The Hall–Kier alpha value is -3.28. The smallest absolute Gasteiger partial charge is 0.337 e. The van der Waals surface area contributed by atoms with Crippen LogP contribution < -0.4 is 5.32 Å². The molecule has 3 aromatic rings. The molecule has 0 saturated heterocycles. The van der Waals surface area contributed by atoms with Crippen molar-refractivity contribution in [1.29, 1.82) is 0 Å². The minimum Gasteiger partial charge on any atom is -0.465 e. The lowest BCUT2D eigenvalue weighted by molar-refractivity contribution is 0.0601. The van der Waals surface area contributed by atoms with Gasteiger partial charge in [-0.25, -0.2) is 14.8 Å². The molecule has 23 heavy (non-hydrogen) atoms. The van der Waals surface area contributed by atoms with E-state index in [0.29, 0.717) is 17.2 Å². The number of nitrogens with zero attached hydrogens (tertiary/aromatic N) is 3. The normalized spacial score (nSPS) is 10.1. The number of methoxy groups -OCH3 is 1. The van der Waals surface area contributed by atoms with Crippen molar-refractivity contribution in [2.24, 2.45) is 0 Å². The van der Waals surface area contributed by atoms with E-state index in [0.717, 1.165) is 11.3 Å². The number of anilines is 2. The van der Waals surface area contributed by atoms with Gasteiger partial charge in [0.25, 0.3) is 0 Å². The van der Waals surface area contributed by atoms with Crippen molar-refractivity contribution in [3.05, 3.63) is 66.6 Å². The first-order valence-corrected chi connectivity index (χ1v) is 6.95. The van der Waals surface area contributed by atoms with Crippen LogP contribution in [0.15, 0.2) is 61.1 Å². The molecular formula is C17H14N4O2. The van der Waals surface area contributed by atoms with Crippen molar-refractivity contribution < 1.29 is 9.53 Å². The monoisotopic (exact) mass is 306 g/mol. The van der Waals surface area contributed by atoms with Gasteiger partial charge in [-0.2, -0.15) is 0 Å². The van der Waals surface area contributed by atoms with Crippen LogP contribution in [0.1, 0.15) is 10.4 Å². The van der Waals surface area contributed by atoms with Gasteiger partial charge in [0, 0.05) is 29.8 Å². The van der Waals surface area contributed by atoms with Crippen molar-refractivity contribution in [2.75, 3.05) is 12.4 Å². The van der Waals surface area contributed by atoms with Crippen LogP contribution in [-0.2, 0) is 4.74 Å². The van der Waals surface area contributed by atoms with Gasteiger partial charge in [-0.3, -0.25) is 4.98 Å². The lowest BCUT2D eigenvalue weighted by Crippen LogP contribution is -2.02. The fourth-order valence-electron chi connectivity index (χ4n) is 2.03. The van der Waals surface area contributed by atoms with Gasteiger partial charge in [-0.1, -0.05) is 12.1 Å². The molecule has 0 spiro atoms. The molecule has 0 aliphatic carbocycles. The number of hydrogen-bond acceptors (Lipinski definition) is 6. The summed E-state index contributed by atoms with van der Waals surface area (Å²) >= 11 is 0. The summed E-state index contributed by atoms with van der Waals surface area (Å²) in [7, 11) is 1.35. The molecule has 0 aliphatic heterocycles. The van der Waals surface area contributed by atoms with Gasteiger partial charge < -0.3 is 10.1 Å². The molecule has 2 aromatic heterocycles. The average molecular weight is 306 g/mol. The Bertz CT molecular complexity index is 804. The van der Waals surface area contributed by atoms with Crippen molar-refractivity contribution >= 4 is 17.6 Å². The minimum atomic E-state index is -0.389. The maximum atomic E-state index is 11.5. The molecule has 0 atom stereocenters. The minimum absolute atomic E-state index is 0.389. The molecule has 1 aromatic carbocycles. The highest BCUT2D eigenvalue weighted by Gasteiger charge is 2.07. The zero-order chi connectivity index (χ0) is 16.1. The highest BCUT2D eigenvalue weighted by atomic mass is 16.5. The number of ether oxygens (including phenoxy) is 1. The van der Waals surface area contributed by atoms with Crippen molar-refractivity contribution in [3.63, 3.8) is 0 Å². The second kappa shape index (κ2) is 6.65. The Labute approximate surface area is 133 Å². The van der Waals surface area contributed by atoms with E-state index in [2.05, 4.69) is 20.3 Å². The molecule has 1 N–H and O–H groups in total. The Morgan fingerprint density at radius 3 is 2.57 bits per heavy atom.